The Bertz CT molecular complexity index is 3020. The highest BCUT2D eigenvalue weighted by atomic mass is 16.5. The number of allylic oxidation sites excluding steroid dienone is 1. The summed E-state index contributed by atoms with van der Waals surface area (Å²) < 4.78 is 9.73. The lowest BCUT2D eigenvalue weighted by atomic mass is 9.84. The number of H-pyrrole nitrogens is 2. The average Bonchev–Trinajstić information content (AvgIpc) is 4.21. The molecule has 4 aromatic carbocycles. The van der Waals surface area contributed by atoms with E-state index >= 15 is 0 Å². The highest BCUT2D eigenvalue weighted by Crippen LogP contribution is 2.46. The van der Waals surface area contributed by atoms with E-state index in [2.05, 4.69) is 112 Å². The number of hydrogen-bond donors (Lipinski definition) is 4. The van der Waals surface area contributed by atoms with Crippen LogP contribution >= 0.6 is 0 Å². The van der Waals surface area contributed by atoms with Crippen molar-refractivity contribution in [3.8, 4) is 22.3 Å². The molecule has 7 aliphatic rings. The fourth-order valence-electron chi connectivity index (χ4n) is 11.5. The molecule has 13 rings (SSSR count). The first-order valence-corrected chi connectivity index (χ1v) is 25.0. The first kappa shape index (κ1) is 46.8. The number of imidazole rings is 2. The van der Waals surface area contributed by atoms with Crippen LogP contribution in [0.2, 0.25) is 0 Å². The van der Waals surface area contributed by atoms with Crippen LogP contribution in [-0.2, 0) is 38.3 Å². The second-order valence-electron chi connectivity index (χ2n) is 20.5. The Balaban J connectivity index is 0.906. The van der Waals surface area contributed by atoms with Crippen LogP contribution in [0, 0.1) is 17.8 Å². The predicted octanol–water partition coefficient (Wildman–Crippen LogP) is 9.86. The van der Waals surface area contributed by atoms with Gasteiger partial charge in [0.25, 0.3) is 0 Å². The average molecular weight is 945 g/mol. The molecule has 2 fully saturated rings. The van der Waals surface area contributed by atoms with Gasteiger partial charge in [-0.3, -0.25) is 9.59 Å². The first-order valence-electron chi connectivity index (χ1n) is 25.0. The van der Waals surface area contributed by atoms with Gasteiger partial charge in [-0.15, -0.1) is 0 Å². The summed E-state index contributed by atoms with van der Waals surface area (Å²) in [5.41, 5.74) is 13.3. The minimum Gasteiger partial charge on any atom is -0.453 e. The minimum atomic E-state index is -0.727. The molecule has 2 saturated heterocycles. The molecule has 6 aromatic rings. The van der Waals surface area contributed by atoms with Gasteiger partial charge in [0.2, 0.25) is 11.8 Å². The molecule has 2 aromatic heterocycles. The van der Waals surface area contributed by atoms with Gasteiger partial charge in [-0.25, -0.2) is 19.6 Å². The van der Waals surface area contributed by atoms with Crippen LogP contribution in [0.1, 0.15) is 112 Å². The summed E-state index contributed by atoms with van der Waals surface area (Å²) in [5, 5.41) is 5.54. The summed E-state index contributed by atoms with van der Waals surface area (Å²) in [6.45, 7) is 10.6. The maximum Gasteiger partial charge on any atom is 0.407 e. The molecule has 7 unspecified atom stereocenters. The molecule has 4 heterocycles. The van der Waals surface area contributed by atoms with Gasteiger partial charge in [0.15, 0.2) is 0 Å². The van der Waals surface area contributed by atoms with Crippen molar-refractivity contribution in [1.82, 2.24) is 40.4 Å². The van der Waals surface area contributed by atoms with E-state index < -0.39 is 24.3 Å². The van der Waals surface area contributed by atoms with Crippen molar-refractivity contribution in [2.24, 2.45) is 17.8 Å². The number of carbonyl (C=O) groups is 4. The highest BCUT2D eigenvalue weighted by Gasteiger charge is 2.48. The molecule has 5 aliphatic carbocycles. The number of methoxy groups -OCH3 is 2. The van der Waals surface area contributed by atoms with Gasteiger partial charge in [0.1, 0.15) is 23.7 Å². The number of alkyl carbamates (subject to hydrolysis) is 2. The number of likely N-dealkylation sites (tertiary alicyclic amines) is 2. The highest BCUT2D eigenvalue weighted by molar-refractivity contribution is 5.89. The number of nitrogens with one attached hydrogen (secondary N) is 4. The Morgan fingerprint density at radius 3 is 1.97 bits per heavy atom. The van der Waals surface area contributed by atoms with E-state index in [4.69, 9.17) is 19.4 Å². The first-order chi connectivity index (χ1) is 33.8. The lowest BCUT2D eigenvalue weighted by Gasteiger charge is -2.33. The van der Waals surface area contributed by atoms with Crippen molar-refractivity contribution in [3.63, 3.8) is 0 Å². The summed E-state index contributed by atoms with van der Waals surface area (Å²) in [6.07, 6.45) is 8.94. The number of benzene rings is 4. The second kappa shape index (κ2) is 19.1. The number of nitrogens with zero attached hydrogens (tertiary/aromatic N) is 4. The molecule has 14 heteroatoms. The van der Waals surface area contributed by atoms with Gasteiger partial charge in [-0.05, 0) is 137 Å². The number of hydrogen-bond acceptors (Lipinski definition) is 8. The maximum atomic E-state index is 14.3. The summed E-state index contributed by atoms with van der Waals surface area (Å²) in [6, 6.07) is 24.9. The van der Waals surface area contributed by atoms with Crippen LogP contribution in [0.4, 0.5) is 9.59 Å². The zero-order valence-corrected chi connectivity index (χ0v) is 41.2. The quantitative estimate of drug-likeness (QED) is 0.0982. The van der Waals surface area contributed by atoms with Crippen LogP contribution in [-0.4, -0.2) is 92.6 Å². The summed E-state index contributed by atoms with van der Waals surface area (Å²) in [5.74, 6) is 1.53. The third-order valence-corrected chi connectivity index (χ3v) is 15.4. The molecule has 2 aliphatic heterocycles. The van der Waals surface area contributed by atoms with Gasteiger partial charge in [0.05, 0.1) is 54.4 Å². The molecule has 14 nitrogen and oxygen atoms in total. The van der Waals surface area contributed by atoms with Crippen molar-refractivity contribution in [2.45, 2.75) is 116 Å². The van der Waals surface area contributed by atoms with E-state index in [1.165, 1.54) is 47.6 Å². The molecule has 364 valence electrons. The van der Waals surface area contributed by atoms with Gasteiger partial charge < -0.3 is 39.9 Å². The Morgan fingerprint density at radius 1 is 0.714 bits per heavy atom. The maximum absolute atomic E-state index is 14.3. The van der Waals surface area contributed by atoms with Crippen LogP contribution in [0.25, 0.3) is 44.3 Å². The van der Waals surface area contributed by atoms with E-state index in [-0.39, 0.29) is 47.7 Å². The summed E-state index contributed by atoms with van der Waals surface area (Å²) in [7, 11) is 2.62. The Labute approximate surface area is 409 Å². The van der Waals surface area contributed by atoms with E-state index in [1.54, 1.807) is 0 Å². The largest absolute Gasteiger partial charge is 0.453 e. The topological polar surface area (TPSA) is 175 Å². The molecular weight excluding hydrogens is 881 g/mol. The number of rotatable bonds is 10. The van der Waals surface area contributed by atoms with Crippen LogP contribution in [0.3, 0.4) is 0 Å². The number of aromatic nitrogens is 4. The lowest BCUT2D eigenvalue weighted by molar-refractivity contribution is -0.137. The normalized spacial score (nSPS) is 21.6. The van der Waals surface area contributed by atoms with Gasteiger partial charge in [-0.2, -0.15) is 0 Å². The van der Waals surface area contributed by atoms with Gasteiger partial charge in [0, 0.05) is 6.54 Å². The standard InChI is InChI=1S/C56H64N8O6/c1-30(2)49(61-55(67)69-6)53(65)63-23-9-12-47(63)51-57-42-21-19-37(27-44(42)59-51)40-25-33-13-15-34-17-18-35(32(5)24-36(40)16-14-33)26-41(34)38-20-22-43-45(28-38)60-52(58-43)48-29-39-10-8-11-46(39)64(48)54(66)50(31(3)4)62-56(68)70-7/h8,11,14,16-22,25-28,30-32,39,46-50H,9-10,12-13,15,23-24,29H2,1-7H3,(H,57,59)(H,58,60)(H,61,67)(H,62,68). The minimum absolute atomic E-state index is 0.0574. The molecule has 4 amide bonds. The van der Waals surface area contributed by atoms with Crippen LogP contribution in [0.5, 0.6) is 0 Å². The number of ether oxygens (including phenoxy) is 2. The molecule has 70 heavy (non-hydrogen) atoms. The van der Waals surface area contributed by atoms with Crippen LogP contribution in [0.15, 0.2) is 84.9 Å². The SMILES string of the molecule is COC(=O)NC(C(=O)N1CCCC1c1nc2ccc(-c3cc4ccc3CC(C)c3ccc(c(-c5ccc6nc(C7CC8CC=CC8N7C(=O)C(NC(=O)OC)C(C)C)[nH]c6c5)c3)CC4)cc2[nH]1)C(C)C. The lowest BCUT2D eigenvalue weighted by Crippen LogP contribution is -2.53. The molecular formula is C56H64N8O6. The van der Waals surface area contributed by atoms with Crippen molar-refractivity contribution in [1.29, 1.82) is 0 Å². The molecule has 7 atom stereocenters. The number of aryl methyl sites for hydroxylation is 2. The monoisotopic (exact) mass is 944 g/mol. The van der Waals surface area contributed by atoms with Gasteiger partial charge in [-0.1, -0.05) is 95.3 Å². The molecule has 4 bridgehead atoms. The summed E-state index contributed by atoms with van der Waals surface area (Å²) >= 11 is 0. The zero-order chi connectivity index (χ0) is 49.0. The molecule has 0 radical (unpaired) electrons. The number of carbonyl (C=O) groups excluding carboxylic acids is 4. The predicted molar refractivity (Wildman–Crippen MR) is 270 cm³/mol. The van der Waals surface area contributed by atoms with Crippen molar-refractivity contribution in [2.75, 3.05) is 20.8 Å². The van der Waals surface area contributed by atoms with E-state index in [0.717, 1.165) is 89.8 Å². The Hall–Kier alpha value is -6.96. The van der Waals surface area contributed by atoms with Crippen molar-refractivity contribution >= 4 is 46.1 Å². The third kappa shape index (κ3) is 8.81. The van der Waals surface area contributed by atoms with E-state index in [1.807, 2.05) is 37.5 Å². The number of aromatic amines is 2. The molecule has 4 N–H and O–H groups in total. The second-order valence-corrected chi connectivity index (χ2v) is 20.5. The number of amides is 4. The molecule has 0 saturated carbocycles. The van der Waals surface area contributed by atoms with E-state index in [9.17, 15) is 19.2 Å². The van der Waals surface area contributed by atoms with Crippen molar-refractivity contribution in [3.05, 3.63) is 119 Å². The van der Waals surface area contributed by atoms with E-state index in [0.29, 0.717) is 12.5 Å². The zero-order valence-electron chi connectivity index (χ0n) is 41.2. The van der Waals surface area contributed by atoms with Crippen molar-refractivity contribution < 1.29 is 28.7 Å². The smallest absolute Gasteiger partial charge is 0.407 e. The van der Waals surface area contributed by atoms with Crippen LogP contribution < -0.4 is 10.6 Å². The Morgan fingerprint density at radius 2 is 1.33 bits per heavy atom. The third-order valence-electron chi connectivity index (χ3n) is 15.4. The molecule has 0 spiro atoms. The van der Waals surface area contributed by atoms with Gasteiger partial charge >= 0.3 is 12.2 Å². The number of fused-ring (bicyclic) bond motifs is 3. The summed E-state index contributed by atoms with van der Waals surface area (Å²) in [4.78, 5) is 73.8. The fourth-order valence-corrected chi connectivity index (χ4v) is 11.5. The Kier molecular flexibility index (Phi) is 12.8. The fraction of sp³-hybridized carbons (Fsp3) is 0.429.